The van der Waals surface area contributed by atoms with Crippen LogP contribution in [0.25, 0.3) is 0 Å². The molecule has 110 valence electrons. The van der Waals surface area contributed by atoms with E-state index in [1.54, 1.807) is 0 Å². The standard InChI is InChI=1S/C17H22N4/c1-13(18)9-14-10-19-17(20-11-14)21-8-4-7-15-5-2-3-6-16(15)12-21/h2-3,5-6,10-11,13H,4,7-9,12,18H2,1H3. The van der Waals surface area contributed by atoms with Crippen LogP contribution in [0.15, 0.2) is 36.7 Å². The summed E-state index contributed by atoms with van der Waals surface area (Å²) in [6.07, 6.45) is 6.91. The van der Waals surface area contributed by atoms with Crippen molar-refractivity contribution in [1.82, 2.24) is 9.97 Å². The number of hydrogen-bond acceptors (Lipinski definition) is 4. The second-order valence-electron chi connectivity index (χ2n) is 5.87. The Morgan fingerprint density at radius 1 is 1.19 bits per heavy atom. The monoisotopic (exact) mass is 282 g/mol. The van der Waals surface area contributed by atoms with Crippen LogP contribution < -0.4 is 10.6 Å². The maximum atomic E-state index is 5.81. The minimum absolute atomic E-state index is 0.143. The summed E-state index contributed by atoms with van der Waals surface area (Å²) in [6, 6.07) is 8.80. The van der Waals surface area contributed by atoms with Gasteiger partial charge in [0, 0.05) is 31.5 Å². The molecule has 0 aliphatic carbocycles. The van der Waals surface area contributed by atoms with Gasteiger partial charge in [-0.3, -0.25) is 0 Å². The zero-order chi connectivity index (χ0) is 14.7. The minimum atomic E-state index is 0.143. The van der Waals surface area contributed by atoms with Gasteiger partial charge in [-0.05, 0) is 42.9 Å². The lowest BCUT2D eigenvalue weighted by molar-refractivity contribution is 0.719. The molecule has 0 bridgehead atoms. The Kier molecular flexibility index (Phi) is 4.15. The molecule has 1 aliphatic rings. The predicted molar refractivity (Wildman–Crippen MR) is 85.2 cm³/mol. The SMILES string of the molecule is CC(N)Cc1cnc(N2CCCc3ccccc3C2)nc1. The fourth-order valence-electron chi connectivity index (χ4n) is 2.86. The number of fused-ring (bicyclic) bond motifs is 1. The Balaban J connectivity index is 1.77. The van der Waals surface area contributed by atoms with Crippen molar-refractivity contribution in [1.29, 1.82) is 0 Å². The van der Waals surface area contributed by atoms with E-state index < -0.39 is 0 Å². The van der Waals surface area contributed by atoms with Gasteiger partial charge in [0.25, 0.3) is 0 Å². The molecule has 1 aromatic heterocycles. The van der Waals surface area contributed by atoms with Crippen molar-refractivity contribution in [3.8, 4) is 0 Å². The quantitative estimate of drug-likeness (QED) is 0.938. The molecule has 4 heteroatoms. The average molecular weight is 282 g/mol. The molecular weight excluding hydrogens is 260 g/mol. The molecule has 2 aromatic rings. The highest BCUT2D eigenvalue weighted by atomic mass is 15.2. The first-order chi connectivity index (χ1) is 10.2. The van der Waals surface area contributed by atoms with Crippen molar-refractivity contribution in [2.24, 2.45) is 5.73 Å². The van der Waals surface area contributed by atoms with E-state index in [-0.39, 0.29) is 6.04 Å². The van der Waals surface area contributed by atoms with Crippen molar-refractivity contribution < 1.29 is 0 Å². The summed E-state index contributed by atoms with van der Waals surface area (Å²) in [5, 5.41) is 0. The summed E-state index contributed by atoms with van der Waals surface area (Å²) < 4.78 is 0. The second-order valence-corrected chi connectivity index (χ2v) is 5.87. The van der Waals surface area contributed by atoms with Crippen molar-refractivity contribution in [2.45, 2.75) is 38.8 Å². The number of aryl methyl sites for hydroxylation is 1. The topological polar surface area (TPSA) is 55.0 Å². The van der Waals surface area contributed by atoms with Gasteiger partial charge >= 0.3 is 0 Å². The largest absolute Gasteiger partial charge is 0.336 e. The zero-order valence-corrected chi connectivity index (χ0v) is 12.5. The van der Waals surface area contributed by atoms with E-state index in [1.165, 1.54) is 11.1 Å². The van der Waals surface area contributed by atoms with Crippen LogP contribution in [-0.2, 0) is 19.4 Å². The van der Waals surface area contributed by atoms with E-state index in [9.17, 15) is 0 Å². The van der Waals surface area contributed by atoms with Gasteiger partial charge in [-0.2, -0.15) is 0 Å². The first kappa shape index (κ1) is 14.0. The maximum Gasteiger partial charge on any atom is 0.225 e. The molecule has 0 radical (unpaired) electrons. The van der Waals surface area contributed by atoms with Crippen LogP contribution in [0.5, 0.6) is 0 Å². The maximum absolute atomic E-state index is 5.81. The number of aromatic nitrogens is 2. The Morgan fingerprint density at radius 2 is 1.90 bits per heavy atom. The summed E-state index contributed by atoms with van der Waals surface area (Å²) in [5.74, 6) is 0.820. The van der Waals surface area contributed by atoms with Crippen LogP contribution in [-0.4, -0.2) is 22.6 Å². The van der Waals surface area contributed by atoms with E-state index in [0.29, 0.717) is 0 Å². The molecular formula is C17H22N4. The molecule has 0 saturated heterocycles. The van der Waals surface area contributed by atoms with Crippen molar-refractivity contribution in [3.63, 3.8) is 0 Å². The van der Waals surface area contributed by atoms with Gasteiger partial charge in [0.2, 0.25) is 5.95 Å². The summed E-state index contributed by atoms with van der Waals surface area (Å²) >= 11 is 0. The highest BCUT2D eigenvalue weighted by Gasteiger charge is 2.16. The normalized spacial score (nSPS) is 16.2. The number of anilines is 1. The number of nitrogens with two attached hydrogens (primary N) is 1. The van der Waals surface area contributed by atoms with Gasteiger partial charge < -0.3 is 10.6 Å². The third-order valence-corrected chi connectivity index (χ3v) is 3.89. The molecule has 1 atom stereocenters. The van der Waals surface area contributed by atoms with Crippen molar-refractivity contribution in [2.75, 3.05) is 11.4 Å². The fraction of sp³-hybridized carbons (Fsp3) is 0.412. The van der Waals surface area contributed by atoms with Gasteiger partial charge in [0.1, 0.15) is 0 Å². The van der Waals surface area contributed by atoms with Crippen LogP contribution in [0.3, 0.4) is 0 Å². The molecule has 0 saturated carbocycles. The third kappa shape index (κ3) is 3.39. The lowest BCUT2D eigenvalue weighted by atomic mass is 10.0. The Labute approximate surface area is 126 Å². The second kappa shape index (κ2) is 6.22. The number of hydrogen-bond donors (Lipinski definition) is 1. The van der Waals surface area contributed by atoms with Crippen LogP contribution in [0, 0.1) is 0 Å². The molecule has 1 aliphatic heterocycles. The number of nitrogens with zero attached hydrogens (tertiary/aromatic N) is 3. The van der Waals surface area contributed by atoms with E-state index in [1.807, 2.05) is 19.3 Å². The summed E-state index contributed by atoms with van der Waals surface area (Å²) in [7, 11) is 0. The van der Waals surface area contributed by atoms with Crippen LogP contribution in [0.4, 0.5) is 5.95 Å². The Morgan fingerprint density at radius 3 is 2.62 bits per heavy atom. The fourth-order valence-corrected chi connectivity index (χ4v) is 2.86. The molecule has 1 aromatic carbocycles. The van der Waals surface area contributed by atoms with E-state index in [4.69, 9.17) is 5.73 Å². The van der Waals surface area contributed by atoms with Gasteiger partial charge in [0.15, 0.2) is 0 Å². The summed E-state index contributed by atoms with van der Waals surface area (Å²) in [6.45, 7) is 3.89. The van der Waals surface area contributed by atoms with E-state index in [0.717, 1.165) is 43.9 Å². The molecule has 2 N–H and O–H groups in total. The van der Waals surface area contributed by atoms with E-state index in [2.05, 4.69) is 39.1 Å². The molecule has 0 amide bonds. The smallest absolute Gasteiger partial charge is 0.225 e. The number of benzene rings is 1. The van der Waals surface area contributed by atoms with Crippen LogP contribution >= 0.6 is 0 Å². The van der Waals surface area contributed by atoms with Crippen molar-refractivity contribution in [3.05, 3.63) is 53.3 Å². The zero-order valence-electron chi connectivity index (χ0n) is 12.5. The first-order valence-corrected chi connectivity index (χ1v) is 7.60. The number of rotatable bonds is 3. The Hall–Kier alpha value is -1.94. The van der Waals surface area contributed by atoms with Crippen molar-refractivity contribution >= 4 is 5.95 Å². The predicted octanol–water partition coefficient (Wildman–Crippen LogP) is 2.32. The summed E-state index contributed by atoms with van der Waals surface area (Å²) in [5.41, 5.74) is 9.75. The van der Waals surface area contributed by atoms with Gasteiger partial charge in [-0.1, -0.05) is 24.3 Å². The van der Waals surface area contributed by atoms with Gasteiger partial charge in [-0.25, -0.2) is 9.97 Å². The summed E-state index contributed by atoms with van der Waals surface area (Å²) in [4.78, 5) is 11.3. The van der Waals surface area contributed by atoms with Gasteiger partial charge in [0.05, 0.1) is 0 Å². The molecule has 1 unspecified atom stereocenters. The lowest BCUT2D eigenvalue weighted by Gasteiger charge is -2.20. The van der Waals surface area contributed by atoms with Crippen LogP contribution in [0.2, 0.25) is 0 Å². The average Bonchev–Trinajstić information content (AvgIpc) is 2.69. The minimum Gasteiger partial charge on any atom is -0.336 e. The molecule has 0 fully saturated rings. The lowest BCUT2D eigenvalue weighted by Crippen LogP contribution is -2.25. The highest BCUT2D eigenvalue weighted by molar-refractivity contribution is 5.37. The molecule has 3 rings (SSSR count). The molecule has 21 heavy (non-hydrogen) atoms. The first-order valence-electron chi connectivity index (χ1n) is 7.60. The van der Waals surface area contributed by atoms with E-state index >= 15 is 0 Å². The van der Waals surface area contributed by atoms with Gasteiger partial charge in [-0.15, -0.1) is 0 Å². The Bertz CT molecular complexity index is 592. The highest BCUT2D eigenvalue weighted by Crippen LogP contribution is 2.21. The molecule has 0 spiro atoms. The van der Waals surface area contributed by atoms with Crippen LogP contribution in [0.1, 0.15) is 30.0 Å². The molecule has 4 nitrogen and oxygen atoms in total. The molecule has 2 heterocycles. The third-order valence-electron chi connectivity index (χ3n) is 3.89.